The molecule has 5 nitrogen and oxygen atoms in total. The standard InChI is InChI=1S/C13H16N2O3S2/c1-9-6-11(15-18-9)8-20(17)10(2)13(16)14-7-12-4-3-5-19-12/h3-6,10H,7-8H2,1-2H3,(H,14,16). The molecule has 0 saturated heterocycles. The summed E-state index contributed by atoms with van der Waals surface area (Å²) < 4.78 is 17.0. The number of nitrogens with one attached hydrogen (secondary N) is 1. The zero-order valence-electron chi connectivity index (χ0n) is 11.3. The van der Waals surface area contributed by atoms with Crippen LogP contribution in [0.2, 0.25) is 0 Å². The minimum absolute atomic E-state index is 0.211. The summed E-state index contributed by atoms with van der Waals surface area (Å²) in [5.41, 5.74) is 0.610. The number of carbonyl (C=O) groups excluding carboxylic acids is 1. The van der Waals surface area contributed by atoms with E-state index in [0.29, 0.717) is 18.0 Å². The van der Waals surface area contributed by atoms with Crippen molar-refractivity contribution in [2.45, 2.75) is 31.4 Å². The molecule has 0 saturated carbocycles. The SMILES string of the molecule is Cc1cc(CS(=O)C(C)C(=O)NCc2cccs2)no1. The zero-order chi connectivity index (χ0) is 14.5. The largest absolute Gasteiger partial charge is 0.361 e. The molecule has 2 heterocycles. The van der Waals surface area contributed by atoms with Crippen molar-refractivity contribution in [2.75, 3.05) is 0 Å². The molecule has 2 unspecified atom stereocenters. The minimum Gasteiger partial charge on any atom is -0.361 e. The third-order valence-electron chi connectivity index (χ3n) is 2.75. The Kier molecular flexibility index (Phi) is 5.08. The number of hydrogen-bond acceptors (Lipinski definition) is 5. The van der Waals surface area contributed by atoms with Crippen LogP contribution in [-0.4, -0.2) is 20.5 Å². The smallest absolute Gasteiger partial charge is 0.235 e. The molecular weight excluding hydrogens is 296 g/mol. The molecule has 2 rings (SSSR count). The Morgan fingerprint density at radius 3 is 3.00 bits per heavy atom. The van der Waals surface area contributed by atoms with Crippen molar-refractivity contribution in [3.8, 4) is 0 Å². The van der Waals surface area contributed by atoms with Gasteiger partial charge in [0.25, 0.3) is 0 Å². The van der Waals surface area contributed by atoms with E-state index in [-0.39, 0.29) is 11.7 Å². The van der Waals surface area contributed by atoms with Gasteiger partial charge in [0.15, 0.2) is 0 Å². The summed E-state index contributed by atoms with van der Waals surface area (Å²) >= 11 is 1.58. The summed E-state index contributed by atoms with van der Waals surface area (Å²) in [6.45, 7) is 3.91. The van der Waals surface area contributed by atoms with Gasteiger partial charge >= 0.3 is 0 Å². The Labute approximate surface area is 123 Å². The Morgan fingerprint density at radius 1 is 1.60 bits per heavy atom. The fourth-order valence-corrected chi connectivity index (χ4v) is 3.25. The first-order valence-electron chi connectivity index (χ1n) is 6.15. The van der Waals surface area contributed by atoms with Gasteiger partial charge in [-0.1, -0.05) is 11.2 Å². The van der Waals surface area contributed by atoms with Gasteiger partial charge in [0.05, 0.1) is 18.0 Å². The second-order valence-corrected chi connectivity index (χ2v) is 7.18. The Hall–Kier alpha value is -1.47. The lowest BCUT2D eigenvalue weighted by atomic mass is 10.4. The summed E-state index contributed by atoms with van der Waals surface area (Å²) in [6.07, 6.45) is 0. The maximum Gasteiger partial charge on any atom is 0.235 e. The summed E-state index contributed by atoms with van der Waals surface area (Å²) in [4.78, 5) is 13.0. The molecule has 1 N–H and O–H groups in total. The maximum absolute atomic E-state index is 12.1. The first-order chi connectivity index (χ1) is 9.56. The highest BCUT2D eigenvalue weighted by molar-refractivity contribution is 7.85. The van der Waals surface area contributed by atoms with Gasteiger partial charge in [0.1, 0.15) is 11.0 Å². The van der Waals surface area contributed by atoms with E-state index >= 15 is 0 Å². The number of thiophene rings is 1. The summed E-state index contributed by atoms with van der Waals surface area (Å²) in [7, 11) is -1.31. The lowest BCUT2D eigenvalue weighted by molar-refractivity contribution is -0.120. The molecule has 0 aliphatic heterocycles. The fourth-order valence-electron chi connectivity index (χ4n) is 1.61. The van der Waals surface area contributed by atoms with E-state index in [0.717, 1.165) is 4.88 Å². The van der Waals surface area contributed by atoms with Crippen molar-refractivity contribution in [1.29, 1.82) is 0 Å². The number of nitrogens with zero attached hydrogens (tertiary/aromatic N) is 1. The molecule has 1 amide bonds. The highest BCUT2D eigenvalue weighted by Crippen LogP contribution is 2.10. The van der Waals surface area contributed by atoms with Crippen LogP contribution in [0.4, 0.5) is 0 Å². The average Bonchev–Trinajstić information content (AvgIpc) is 3.06. The Balaban J connectivity index is 1.84. The van der Waals surface area contributed by atoms with Crippen molar-refractivity contribution in [3.05, 3.63) is 39.9 Å². The van der Waals surface area contributed by atoms with Crippen LogP contribution in [0, 0.1) is 6.92 Å². The molecule has 0 aromatic carbocycles. The van der Waals surface area contributed by atoms with Crippen molar-refractivity contribution in [1.82, 2.24) is 10.5 Å². The normalized spacial score (nSPS) is 13.9. The second-order valence-electron chi connectivity index (χ2n) is 4.39. The molecular formula is C13H16N2O3S2. The van der Waals surface area contributed by atoms with Crippen molar-refractivity contribution in [3.63, 3.8) is 0 Å². The highest BCUT2D eigenvalue weighted by Gasteiger charge is 2.21. The summed E-state index contributed by atoms with van der Waals surface area (Å²) in [6, 6.07) is 5.61. The van der Waals surface area contributed by atoms with Crippen LogP contribution in [0.15, 0.2) is 28.1 Å². The first-order valence-corrected chi connectivity index (χ1v) is 8.42. The number of amides is 1. The molecule has 20 heavy (non-hydrogen) atoms. The van der Waals surface area contributed by atoms with Gasteiger partial charge in [-0.3, -0.25) is 9.00 Å². The monoisotopic (exact) mass is 312 g/mol. The average molecular weight is 312 g/mol. The number of rotatable bonds is 6. The van der Waals surface area contributed by atoms with Crippen LogP contribution < -0.4 is 5.32 Å². The number of hydrogen-bond donors (Lipinski definition) is 1. The predicted molar refractivity (Wildman–Crippen MR) is 78.7 cm³/mol. The molecule has 2 aromatic heterocycles. The Bertz CT molecular complexity index is 593. The number of aryl methyl sites for hydroxylation is 1. The molecule has 0 spiro atoms. The quantitative estimate of drug-likeness (QED) is 0.885. The third-order valence-corrected chi connectivity index (χ3v) is 5.21. The van der Waals surface area contributed by atoms with E-state index in [4.69, 9.17) is 4.52 Å². The van der Waals surface area contributed by atoms with Crippen molar-refractivity contribution >= 4 is 28.0 Å². The van der Waals surface area contributed by atoms with Gasteiger partial charge in [0.2, 0.25) is 5.91 Å². The fraction of sp³-hybridized carbons (Fsp3) is 0.385. The van der Waals surface area contributed by atoms with E-state index < -0.39 is 16.0 Å². The van der Waals surface area contributed by atoms with Gasteiger partial charge in [-0.15, -0.1) is 11.3 Å². The van der Waals surface area contributed by atoms with Gasteiger partial charge in [0, 0.05) is 21.7 Å². The van der Waals surface area contributed by atoms with E-state index in [1.165, 1.54) is 0 Å². The van der Waals surface area contributed by atoms with Crippen LogP contribution in [0.3, 0.4) is 0 Å². The molecule has 0 aliphatic rings. The zero-order valence-corrected chi connectivity index (χ0v) is 12.9. The van der Waals surface area contributed by atoms with Crippen molar-refractivity contribution in [2.24, 2.45) is 0 Å². The molecule has 108 valence electrons. The van der Waals surface area contributed by atoms with E-state index in [1.807, 2.05) is 17.5 Å². The van der Waals surface area contributed by atoms with Gasteiger partial charge < -0.3 is 9.84 Å². The minimum atomic E-state index is -1.31. The number of aromatic nitrogens is 1. The molecule has 7 heteroatoms. The lowest BCUT2D eigenvalue weighted by Crippen LogP contribution is -2.35. The third kappa shape index (κ3) is 4.01. The van der Waals surface area contributed by atoms with Crippen molar-refractivity contribution < 1.29 is 13.5 Å². The van der Waals surface area contributed by atoms with E-state index in [9.17, 15) is 9.00 Å². The molecule has 0 radical (unpaired) electrons. The topological polar surface area (TPSA) is 72.2 Å². The predicted octanol–water partition coefficient (Wildman–Crippen LogP) is 2.00. The van der Waals surface area contributed by atoms with Crippen LogP contribution in [0.5, 0.6) is 0 Å². The van der Waals surface area contributed by atoms with Gasteiger partial charge in [-0.2, -0.15) is 0 Å². The number of carbonyl (C=O) groups is 1. The van der Waals surface area contributed by atoms with Crippen LogP contribution in [0.1, 0.15) is 23.3 Å². The first kappa shape index (κ1) is 14.9. The summed E-state index contributed by atoms with van der Waals surface area (Å²) in [5.74, 6) is 0.689. The molecule has 0 bridgehead atoms. The van der Waals surface area contributed by atoms with Gasteiger partial charge in [-0.25, -0.2) is 0 Å². The second kappa shape index (κ2) is 6.81. The van der Waals surface area contributed by atoms with Crippen LogP contribution in [0.25, 0.3) is 0 Å². The van der Waals surface area contributed by atoms with Crippen LogP contribution in [-0.2, 0) is 27.9 Å². The highest BCUT2D eigenvalue weighted by atomic mass is 32.2. The van der Waals surface area contributed by atoms with Gasteiger partial charge in [-0.05, 0) is 25.3 Å². The maximum atomic E-state index is 12.1. The van der Waals surface area contributed by atoms with Crippen LogP contribution >= 0.6 is 11.3 Å². The van der Waals surface area contributed by atoms with E-state index in [1.54, 1.807) is 31.3 Å². The molecule has 2 atom stereocenters. The van der Waals surface area contributed by atoms with E-state index in [2.05, 4.69) is 10.5 Å². The molecule has 0 fully saturated rings. The summed E-state index contributed by atoms with van der Waals surface area (Å²) in [5, 5.41) is 7.95. The lowest BCUT2D eigenvalue weighted by Gasteiger charge is -2.10. The Morgan fingerprint density at radius 2 is 2.40 bits per heavy atom. The molecule has 0 aliphatic carbocycles. The molecule has 2 aromatic rings.